The highest BCUT2D eigenvalue weighted by atomic mass is 32.2. The van der Waals surface area contributed by atoms with Gasteiger partial charge in [-0.05, 0) is 18.2 Å². The second-order valence-corrected chi connectivity index (χ2v) is 4.24. The molecule has 0 saturated heterocycles. The number of benzene rings is 1. The highest BCUT2D eigenvalue weighted by molar-refractivity contribution is 7.85. The van der Waals surface area contributed by atoms with E-state index in [0.29, 0.717) is 0 Å². The molecule has 15 heavy (non-hydrogen) atoms. The van der Waals surface area contributed by atoms with Crippen molar-refractivity contribution in [1.29, 1.82) is 0 Å². The molecule has 6 heteroatoms. The lowest BCUT2D eigenvalue weighted by molar-refractivity contribution is -0.115. The van der Waals surface area contributed by atoms with Gasteiger partial charge in [0.15, 0.2) is 0 Å². The lowest BCUT2D eigenvalue weighted by Gasteiger charge is -2.00. The lowest BCUT2D eigenvalue weighted by atomic mass is 10.2. The van der Waals surface area contributed by atoms with Crippen molar-refractivity contribution >= 4 is 22.7 Å². The van der Waals surface area contributed by atoms with Crippen LogP contribution in [0.15, 0.2) is 29.2 Å². The number of rotatable bonds is 4. The van der Waals surface area contributed by atoms with Gasteiger partial charge in [0.05, 0.1) is 16.4 Å². The van der Waals surface area contributed by atoms with Crippen LogP contribution in [0.4, 0.5) is 0 Å². The van der Waals surface area contributed by atoms with Gasteiger partial charge in [0.25, 0.3) is 0 Å². The van der Waals surface area contributed by atoms with Crippen LogP contribution in [0, 0.1) is 0 Å². The zero-order chi connectivity index (χ0) is 11.4. The summed E-state index contributed by atoms with van der Waals surface area (Å²) in [5, 5.41) is 8.68. The fourth-order valence-electron chi connectivity index (χ4n) is 0.983. The van der Waals surface area contributed by atoms with Crippen molar-refractivity contribution in [2.24, 2.45) is 5.73 Å². The normalized spacial score (nSPS) is 12.0. The van der Waals surface area contributed by atoms with Crippen molar-refractivity contribution in [2.75, 3.05) is 5.75 Å². The number of hydrogen-bond donors (Lipinski definition) is 2. The van der Waals surface area contributed by atoms with E-state index in [4.69, 9.17) is 10.8 Å². The quantitative estimate of drug-likeness (QED) is 0.755. The predicted molar refractivity (Wildman–Crippen MR) is 53.9 cm³/mol. The summed E-state index contributed by atoms with van der Waals surface area (Å²) in [6.45, 7) is 0. The van der Waals surface area contributed by atoms with Gasteiger partial charge in [-0.15, -0.1) is 0 Å². The van der Waals surface area contributed by atoms with Gasteiger partial charge in [-0.3, -0.25) is 9.00 Å². The molecule has 0 aliphatic heterocycles. The molecule has 1 aromatic rings. The third-order valence-electron chi connectivity index (χ3n) is 1.62. The number of hydrogen-bond acceptors (Lipinski definition) is 3. The van der Waals surface area contributed by atoms with E-state index < -0.39 is 22.7 Å². The van der Waals surface area contributed by atoms with E-state index in [9.17, 15) is 13.8 Å². The van der Waals surface area contributed by atoms with Gasteiger partial charge in [-0.25, -0.2) is 4.79 Å². The molecule has 0 heterocycles. The Balaban J connectivity index is 2.95. The van der Waals surface area contributed by atoms with Gasteiger partial charge in [0, 0.05) is 4.90 Å². The van der Waals surface area contributed by atoms with E-state index in [1.165, 1.54) is 24.3 Å². The molecule has 0 radical (unpaired) electrons. The molecule has 0 fully saturated rings. The summed E-state index contributed by atoms with van der Waals surface area (Å²) < 4.78 is 11.4. The van der Waals surface area contributed by atoms with Crippen molar-refractivity contribution in [2.45, 2.75) is 4.90 Å². The van der Waals surface area contributed by atoms with Crippen LogP contribution in [0.2, 0.25) is 0 Å². The molecule has 5 nitrogen and oxygen atoms in total. The Bertz CT molecular complexity index is 430. The second kappa shape index (κ2) is 4.70. The standard InChI is InChI=1S/C9H9NO4S/c10-8(11)5-15(14)7-3-1-2-6(4-7)9(12)13/h1-4H,5H2,(H2,10,11)(H,12,13). The van der Waals surface area contributed by atoms with Crippen LogP contribution >= 0.6 is 0 Å². The van der Waals surface area contributed by atoms with Gasteiger partial charge in [-0.1, -0.05) is 6.07 Å². The monoisotopic (exact) mass is 227 g/mol. The molecule has 1 aromatic carbocycles. The van der Waals surface area contributed by atoms with Gasteiger partial charge < -0.3 is 10.8 Å². The molecule has 0 aliphatic rings. The minimum Gasteiger partial charge on any atom is -0.478 e. The molecule has 1 amide bonds. The van der Waals surface area contributed by atoms with E-state index in [0.717, 1.165) is 0 Å². The van der Waals surface area contributed by atoms with E-state index in [2.05, 4.69) is 0 Å². The number of amides is 1. The summed E-state index contributed by atoms with van der Waals surface area (Å²) in [7, 11) is -1.58. The first-order chi connectivity index (χ1) is 7.00. The summed E-state index contributed by atoms with van der Waals surface area (Å²) in [6, 6.07) is 5.61. The number of aromatic carboxylic acids is 1. The molecule has 3 N–H and O–H groups in total. The number of nitrogens with two attached hydrogens (primary N) is 1. The van der Waals surface area contributed by atoms with Crippen LogP contribution in [-0.2, 0) is 15.6 Å². The average molecular weight is 227 g/mol. The summed E-state index contributed by atoms with van der Waals surface area (Å²) in [4.78, 5) is 21.4. The first-order valence-corrected chi connectivity index (χ1v) is 5.32. The van der Waals surface area contributed by atoms with Gasteiger partial charge in [0.2, 0.25) is 5.91 Å². The fourth-order valence-corrected chi connectivity index (χ4v) is 1.90. The van der Waals surface area contributed by atoms with Gasteiger partial charge in [0.1, 0.15) is 5.75 Å². The Kier molecular flexibility index (Phi) is 3.56. The lowest BCUT2D eigenvalue weighted by Crippen LogP contribution is -2.19. The third-order valence-corrected chi connectivity index (χ3v) is 2.94. The maximum atomic E-state index is 11.4. The Labute approximate surface area is 88.4 Å². The number of carboxylic acids is 1. The Hall–Kier alpha value is -1.69. The maximum absolute atomic E-state index is 11.4. The van der Waals surface area contributed by atoms with Crippen LogP contribution in [-0.4, -0.2) is 26.9 Å². The smallest absolute Gasteiger partial charge is 0.335 e. The third kappa shape index (κ3) is 3.17. The van der Waals surface area contributed by atoms with E-state index in [1.54, 1.807) is 0 Å². The van der Waals surface area contributed by atoms with Crippen LogP contribution in [0.25, 0.3) is 0 Å². The van der Waals surface area contributed by atoms with Crippen molar-refractivity contribution in [3.8, 4) is 0 Å². The zero-order valence-electron chi connectivity index (χ0n) is 7.67. The fraction of sp³-hybridized carbons (Fsp3) is 0.111. The average Bonchev–Trinajstić information content (AvgIpc) is 2.17. The maximum Gasteiger partial charge on any atom is 0.335 e. The van der Waals surface area contributed by atoms with Crippen molar-refractivity contribution in [3.05, 3.63) is 29.8 Å². The minimum atomic E-state index is -1.58. The molecule has 1 rings (SSSR count). The molecule has 80 valence electrons. The SMILES string of the molecule is NC(=O)CS(=O)c1cccc(C(=O)O)c1. The summed E-state index contributed by atoms with van der Waals surface area (Å²) in [6.07, 6.45) is 0. The molecular weight excluding hydrogens is 218 g/mol. The highest BCUT2D eigenvalue weighted by Crippen LogP contribution is 2.09. The van der Waals surface area contributed by atoms with E-state index in [1.807, 2.05) is 0 Å². The van der Waals surface area contributed by atoms with Gasteiger partial charge >= 0.3 is 5.97 Å². The van der Waals surface area contributed by atoms with Gasteiger partial charge in [-0.2, -0.15) is 0 Å². The molecule has 1 atom stereocenters. The second-order valence-electron chi connectivity index (χ2n) is 2.79. The molecule has 1 unspecified atom stereocenters. The molecule has 0 saturated carbocycles. The molecular formula is C9H9NO4S. The number of carboxylic acid groups (broad SMARTS) is 1. The van der Waals surface area contributed by atoms with Crippen LogP contribution in [0.1, 0.15) is 10.4 Å². The Morgan fingerprint density at radius 2 is 2.07 bits per heavy atom. The van der Waals surface area contributed by atoms with Crippen LogP contribution in [0.3, 0.4) is 0 Å². The van der Waals surface area contributed by atoms with E-state index in [-0.39, 0.29) is 16.2 Å². The molecule has 0 aliphatic carbocycles. The number of carbonyl (C=O) groups excluding carboxylic acids is 1. The predicted octanol–water partition coefficient (Wildman–Crippen LogP) is -0.0223. The molecule has 0 bridgehead atoms. The molecule has 0 spiro atoms. The van der Waals surface area contributed by atoms with Crippen LogP contribution < -0.4 is 5.73 Å². The first-order valence-electron chi connectivity index (χ1n) is 4.00. The highest BCUT2D eigenvalue weighted by Gasteiger charge is 2.10. The number of carbonyl (C=O) groups is 2. The van der Waals surface area contributed by atoms with Crippen molar-refractivity contribution in [1.82, 2.24) is 0 Å². The number of primary amides is 1. The molecule has 0 aromatic heterocycles. The largest absolute Gasteiger partial charge is 0.478 e. The van der Waals surface area contributed by atoms with E-state index >= 15 is 0 Å². The van der Waals surface area contributed by atoms with Crippen LogP contribution in [0.5, 0.6) is 0 Å². The minimum absolute atomic E-state index is 0.0327. The Morgan fingerprint density at radius 3 is 2.60 bits per heavy atom. The summed E-state index contributed by atoms with van der Waals surface area (Å²) >= 11 is 0. The Morgan fingerprint density at radius 1 is 1.40 bits per heavy atom. The summed E-state index contributed by atoms with van der Waals surface area (Å²) in [5.41, 5.74) is 4.91. The topological polar surface area (TPSA) is 97.5 Å². The first kappa shape index (κ1) is 11.4. The summed E-state index contributed by atoms with van der Waals surface area (Å²) in [5.74, 6) is -2.09. The zero-order valence-corrected chi connectivity index (χ0v) is 8.49. The van der Waals surface area contributed by atoms with Crippen molar-refractivity contribution in [3.63, 3.8) is 0 Å². The van der Waals surface area contributed by atoms with Crippen molar-refractivity contribution < 1.29 is 18.9 Å².